The van der Waals surface area contributed by atoms with Crippen molar-refractivity contribution in [3.05, 3.63) is 11.6 Å². The third-order valence-electron chi connectivity index (χ3n) is 4.65. The van der Waals surface area contributed by atoms with Gasteiger partial charge in [-0.15, -0.1) is 0 Å². The van der Waals surface area contributed by atoms with Crippen LogP contribution in [-0.2, 0) is 13.0 Å². The van der Waals surface area contributed by atoms with Gasteiger partial charge in [-0.1, -0.05) is 12.8 Å². The van der Waals surface area contributed by atoms with Crippen LogP contribution in [0.5, 0.6) is 0 Å². The van der Waals surface area contributed by atoms with Crippen LogP contribution in [0.3, 0.4) is 0 Å². The van der Waals surface area contributed by atoms with Crippen LogP contribution in [0.4, 0.5) is 0 Å². The lowest BCUT2D eigenvalue weighted by molar-refractivity contribution is 0.0521. The van der Waals surface area contributed by atoms with E-state index in [2.05, 4.69) is 25.7 Å². The molecule has 22 heavy (non-hydrogen) atoms. The molecule has 1 atom stereocenters. The molecule has 1 aliphatic carbocycles. The highest BCUT2D eigenvalue weighted by atomic mass is 16.3. The Morgan fingerprint density at radius 3 is 2.95 bits per heavy atom. The van der Waals surface area contributed by atoms with Crippen LogP contribution < -0.4 is 10.6 Å². The van der Waals surface area contributed by atoms with Gasteiger partial charge in [-0.25, -0.2) is 9.67 Å². The van der Waals surface area contributed by atoms with E-state index in [1.54, 1.807) is 7.05 Å². The third kappa shape index (κ3) is 3.40. The minimum atomic E-state index is -0.569. The predicted octanol–water partition coefficient (Wildman–Crippen LogP) is 0.371. The van der Waals surface area contributed by atoms with E-state index in [0.717, 1.165) is 62.7 Å². The summed E-state index contributed by atoms with van der Waals surface area (Å²) in [5, 5.41) is 21.5. The molecule has 0 saturated heterocycles. The number of aromatic nitrogens is 3. The maximum Gasteiger partial charge on any atom is 0.191 e. The number of guanidine groups is 1. The number of hydrogen-bond donors (Lipinski definition) is 3. The van der Waals surface area contributed by atoms with E-state index in [1.807, 2.05) is 11.6 Å². The Labute approximate surface area is 131 Å². The van der Waals surface area contributed by atoms with Crippen LogP contribution in [0.25, 0.3) is 0 Å². The molecule has 1 aromatic rings. The highest BCUT2D eigenvalue weighted by Crippen LogP contribution is 2.28. The fourth-order valence-corrected chi connectivity index (χ4v) is 3.40. The standard InChI is InChI=1S/C15H26N6O/c1-11-18-13-6-5-12(9-21(13)20-11)19-14(16-2)17-10-15(22)7-3-4-8-15/h12,22H,3-10H2,1-2H3,(H2,16,17,19). The Morgan fingerprint density at radius 1 is 1.45 bits per heavy atom. The second-order valence-electron chi connectivity index (χ2n) is 6.49. The zero-order chi connectivity index (χ0) is 15.6. The van der Waals surface area contributed by atoms with Crippen LogP contribution in [-0.4, -0.2) is 51.1 Å². The fourth-order valence-electron chi connectivity index (χ4n) is 3.40. The number of nitrogens with one attached hydrogen (secondary N) is 2. The van der Waals surface area contributed by atoms with Crippen LogP contribution in [0.1, 0.15) is 43.8 Å². The molecule has 0 spiro atoms. The number of aliphatic hydroxyl groups is 1. The fraction of sp³-hybridized carbons (Fsp3) is 0.800. The van der Waals surface area contributed by atoms with E-state index < -0.39 is 5.60 Å². The Hall–Kier alpha value is -1.63. The van der Waals surface area contributed by atoms with Crippen molar-refractivity contribution in [2.45, 2.75) is 63.6 Å². The number of aryl methyl sites for hydroxylation is 2. The van der Waals surface area contributed by atoms with E-state index in [9.17, 15) is 5.11 Å². The molecule has 3 N–H and O–H groups in total. The van der Waals surface area contributed by atoms with Gasteiger partial charge < -0.3 is 15.7 Å². The van der Waals surface area contributed by atoms with Crippen LogP contribution in [0.15, 0.2) is 4.99 Å². The van der Waals surface area contributed by atoms with Gasteiger partial charge in [-0.2, -0.15) is 5.10 Å². The minimum Gasteiger partial charge on any atom is -0.388 e. The van der Waals surface area contributed by atoms with Gasteiger partial charge in [0.15, 0.2) is 5.96 Å². The lowest BCUT2D eigenvalue weighted by Gasteiger charge is -2.28. The van der Waals surface area contributed by atoms with E-state index in [1.165, 1.54) is 0 Å². The first-order valence-corrected chi connectivity index (χ1v) is 8.18. The van der Waals surface area contributed by atoms with E-state index in [0.29, 0.717) is 6.54 Å². The van der Waals surface area contributed by atoms with Crippen molar-refractivity contribution in [2.24, 2.45) is 4.99 Å². The van der Waals surface area contributed by atoms with Crippen molar-refractivity contribution in [1.29, 1.82) is 0 Å². The summed E-state index contributed by atoms with van der Waals surface area (Å²) in [5.41, 5.74) is -0.569. The molecule has 3 rings (SSSR count). The molecule has 7 nitrogen and oxygen atoms in total. The lowest BCUT2D eigenvalue weighted by atomic mass is 10.0. The van der Waals surface area contributed by atoms with Crippen molar-refractivity contribution < 1.29 is 5.11 Å². The van der Waals surface area contributed by atoms with Gasteiger partial charge in [0, 0.05) is 26.1 Å². The van der Waals surface area contributed by atoms with Crippen molar-refractivity contribution in [2.75, 3.05) is 13.6 Å². The second kappa shape index (κ2) is 6.24. The molecule has 1 aliphatic heterocycles. The van der Waals surface area contributed by atoms with Gasteiger partial charge in [0.25, 0.3) is 0 Å². The van der Waals surface area contributed by atoms with Crippen molar-refractivity contribution in [1.82, 2.24) is 25.4 Å². The van der Waals surface area contributed by atoms with Gasteiger partial charge in [0.2, 0.25) is 0 Å². The first kappa shape index (κ1) is 15.3. The summed E-state index contributed by atoms with van der Waals surface area (Å²) in [4.78, 5) is 8.70. The van der Waals surface area contributed by atoms with Gasteiger partial charge in [0.1, 0.15) is 11.6 Å². The third-order valence-corrected chi connectivity index (χ3v) is 4.65. The SMILES string of the molecule is CN=C(NCC1(O)CCCC1)NC1CCc2nc(C)nn2C1. The summed E-state index contributed by atoms with van der Waals surface area (Å²) in [5.74, 6) is 2.66. The highest BCUT2D eigenvalue weighted by Gasteiger charge is 2.31. The second-order valence-corrected chi connectivity index (χ2v) is 6.49. The molecule has 0 radical (unpaired) electrons. The largest absolute Gasteiger partial charge is 0.388 e. The van der Waals surface area contributed by atoms with Gasteiger partial charge in [-0.3, -0.25) is 4.99 Å². The maximum atomic E-state index is 10.4. The topological polar surface area (TPSA) is 87.4 Å². The molecule has 1 saturated carbocycles. The Balaban J connectivity index is 1.53. The number of aliphatic imine (C=N–C) groups is 1. The summed E-state index contributed by atoms with van der Waals surface area (Å²) in [6.45, 7) is 3.30. The zero-order valence-electron chi connectivity index (χ0n) is 13.5. The molecule has 122 valence electrons. The minimum absolute atomic E-state index is 0.290. The molecular weight excluding hydrogens is 280 g/mol. The molecule has 1 unspecified atom stereocenters. The number of fused-ring (bicyclic) bond motifs is 1. The molecule has 7 heteroatoms. The normalized spacial score (nSPS) is 24.1. The summed E-state index contributed by atoms with van der Waals surface area (Å²) in [6, 6.07) is 0.290. The quantitative estimate of drug-likeness (QED) is 0.555. The molecule has 2 heterocycles. The maximum absolute atomic E-state index is 10.4. The van der Waals surface area contributed by atoms with Gasteiger partial charge in [0.05, 0.1) is 12.1 Å². The number of rotatable bonds is 3. The van der Waals surface area contributed by atoms with Gasteiger partial charge in [-0.05, 0) is 26.2 Å². The van der Waals surface area contributed by atoms with E-state index in [4.69, 9.17) is 0 Å². The molecule has 0 bridgehead atoms. The van der Waals surface area contributed by atoms with Crippen molar-refractivity contribution in [3.8, 4) is 0 Å². The van der Waals surface area contributed by atoms with Crippen molar-refractivity contribution in [3.63, 3.8) is 0 Å². The molecule has 1 aromatic heterocycles. The molecule has 2 aliphatic rings. The number of hydrogen-bond acceptors (Lipinski definition) is 4. The van der Waals surface area contributed by atoms with Crippen LogP contribution in [0, 0.1) is 6.92 Å². The predicted molar refractivity (Wildman–Crippen MR) is 84.8 cm³/mol. The van der Waals surface area contributed by atoms with Crippen LogP contribution >= 0.6 is 0 Å². The van der Waals surface area contributed by atoms with Gasteiger partial charge >= 0.3 is 0 Å². The summed E-state index contributed by atoms with van der Waals surface area (Å²) in [6.07, 6.45) is 5.93. The average molecular weight is 306 g/mol. The summed E-state index contributed by atoms with van der Waals surface area (Å²) < 4.78 is 1.98. The molecule has 1 fully saturated rings. The van der Waals surface area contributed by atoms with E-state index in [-0.39, 0.29) is 6.04 Å². The first-order chi connectivity index (χ1) is 10.6. The monoisotopic (exact) mass is 306 g/mol. The average Bonchev–Trinajstić information content (AvgIpc) is 3.08. The summed E-state index contributed by atoms with van der Waals surface area (Å²) >= 11 is 0. The molecular formula is C15H26N6O. The summed E-state index contributed by atoms with van der Waals surface area (Å²) in [7, 11) is 1.77. The molecule has 0 aromatic carbocycles. The van der Waals surface area contributed by atoms with Crippen LogP contribution in [0.2, 0.25) is 0 Å². The smallest absolute Gasteiger partial charge is 0.191 e. The highest BCUT2D eigenvalue weighted by molar-refractivity contribution is 5.80. The van der Waals surface area contributed by atoms with E-state index >= 15 is 0 Å². The first-order valence-electron chi connectivity index (χ1n) is 8.18. The lowest BCUT2D eigenvalue weighted by Crippen LogP contribution is -2.50. The number of nitrogens with zero attached hydrogens (tertiary/aromatic N) is 4. The molecule has 0 amide bonds. The van der Waals surface area contributed by atoms with Crippen molar-refractivity contribution >= 4 is 5.96 Å². The Kier molecular flexibility index (Phi) is 4.33. The Bertz CT molecular complexity index is 546. The Morgan fingerprint density at radius 2 is 2.23 bits per heavy atom. The zero-order valence-corrected chi connectivity index (χ0v) is 13.5.